The van der Waals surface area contributed by atoms with Gasteiger partial charge in [0.2, 0.25) is 17.8 Å². The molecule has 2 N–H and O–H groups in total. The molecular formula is C30H37N7O5. The number of anilines is 1. The molecule has 2 aromatic rings. The summed E-state index contributed by atoms with van der Waals surface area (Å²) in [5, 5.41) is 5.98. The van der Waals surface area contributed by atoms with Crippen molar-refractivity contribution in [3.05, 3.63) is 53.3 Å². The molecule has 3 aliphatic heterocycles. The fraction of sp³-hybridized carbons (Fsp3) is 0.467. The first kappa shape index (κ1) is 29.0. The summed E-state index contributed by atoms with van der Waals surface area (Å²) in [7, 11) is 3.25. The summed E-state index contributed by atoms with van der Waals surface area (Å²) in [4.78, 5) is 65.5. The number of aromatic nitrogens is 1. The summed E-state index contributed by atoms with van der Waals surface area (Å²) in [6.45, 7) is 2.60. The number of rotatable bonds is 6. The maximum atomic E-state index is 13.6. The van der Waals surface area contributed by atoms with Crippen LogP contribution in [0.5, 0.6) is 5.75 Å². The van der Waals surface area contributed by atoms with Crippen molar-refractivity contribution in [1.82, 2.24) is 25.0 Å². The fourth-order valence-corrected chi connectivity index (χ4v) is 5.31. The largest absolute Gasteiger partial charge is 0.493 e. The number of carbonyl (C=O) groups excluding carboxylic acids is 4. The summed E-state index contributed by atoms with van der Waals surface area (Å²) < 4.78 is 5.61. The highest BCUT2D eigenvalue weighted by atomic mass is 16.5. The molecule has 222 valence electrons. The molecule has 0 spiro atoms. The highest BCUT2D eigenvalue weighted by Gasteiger charge is 2.30. The van der Waals surface area contributed by atoms with E-state index in [1.165, 1.54) is 23.2 Å². The van der Waals surface area contributed by atoms with Crippen LogP contribution >= 0.6 is 0 Å². The number of hydrogen-bond acceptors (Lipinski definition) is 7. The molecule has 4 heterocycles. The molecule has 12 nitrogen and oxygen atoms in total. The SMILES string of the molecule is CN(C)C(=O)c1ccc(C(=O)NC(=NC2CCCCN(CC(=O)N3CCCC3)C2=O)Nc2ccc3c(c2)CCO3)cn1. The van der Waals surface area contributed by atoms with E-state index in [1.807, 2.05) is 23.1 Å². The van der Waals surface area contributed by atoms with Crippen LogP contribution in [0.4, 0.5) is 5.69 Å². The van der Waals surface area contributed by atoms with Crippen LogP contribution in [0, 0.1) is 0 Å². The quantitative estimate of drug-likeness (QED) is 0.397. The number of carbonyl (C=O) groups is 4. The van der Waals surface area contributed by atoms with Crippen molar-refractivity contribution in [3.63, 3.8) is 0 Å². The monoisotopic (exact) mass is 575 g/mol. The van der Waals surface area contributed by atoms with Crippen molar-refractivity contribution in [2.45, 2.75) is 44.6 Å². The molecule has 4 amide bonds. The number of guanidine groups is 1. The zero-order chi connectivity index (χ0) is 29.6. The van der Waals surface area contributed by atoms with E-state index in [4.69, 9.17) is 9.73 Å². The number of fused-ring (bicyclic) bond motifs is 1. The molecule has 0 aliphatic carbocycles. The van der Waals surface area contributed by atoms with Crippen molar-refractivity contribution in [1.29, 1.82) is 0 Å². The Hall–Kier alpha value is -4.48. The summed E-state index contributed by atoms with van der Waals surface area (Å²) in [6.07, 6.45) is 6.11. The van der Waals surface area contributed by atoms with Crippen molar-refractivity contribution < 1.29 is 23.9 Å². The number of benzene rings is 1. The topological polar surface area (TPSA) is 137 Å². The Balaban J connectivity index is 1.37. The Bertz CT molecular complexity index is 1370. The number of hydrogen-bond donors (Lipinski definition) is 2. The van der Waals surface area contributed by atoms with E-state index in [2.05, 4.69) is 15.6 Å². The standard InChI is InChI=1S/C30H37N7O5/c1-35(2)28(40)23-10-8-21(18-31-23)27(39)34-30(32-22-9-11-25-20(17-22)12-16-42-25)33-24-7-3-4-15-37(29(24)41)19-26(38)36-13-5-6-14-36/h8-11,17-18,24H,3-7,12-16,19H2,1-2H3,(H2,32,33,34,39). The van der Waals surface area contributed by atoms with Crippen LogP contribution in [0.15, 0.2) is 41.5 Å². The number of nitrogens with one attached hydrogen (secondary N) is 2. The molecule has 1 aromatic carbocycles. The van der Waals surface area contributed by atoms with Gasteiger partial charge in [-0.2, -0.15) is 0 Å². The van der Waals surface area contributed by atoms with Crippen molar-refractivity contribution in [2.75, 3.05) is 52.2 Å². The molecule has 0 bridgehead atoms. The molecule has 1 aromatic heterocycles. The van der Waals surface area contributed by atoms with E-state index in [9.17, 15) is 19.2 Å². The third-order valence-corrected chi connectivity index (χ3v) is 7.66. The molecule has 2 fully saturated rings. The third-order valence-electron chi connectivity index (χ3n) is 7.66. The Morgan fingerprint density at radius 2 is 1.86 bits per heavy atom. The lowest BCUT2D eigenvalue weighted by molar-refractivity contribution is -0.140. The molecule has 12 heteroatoms. The van der Waals surface area contributed by atoms with Crippen LogP contribution in [0.1, 0.15) is 58.5 Å². The van der Waals surface area contributed by atoms with E-state index in [0.717, 1.165) is 56.5 Å². The van der Waals surface area contributed by atoms with Gasteiger partial charge in [-0.05, 0) is 68.0 Å². The van der Waals surface area contributed by atoms with Crippen molar-refractivity contribution in [3.8, 4) is 5.75 Å². The van der Waals surface area contributed by atoms with Gasteiger partial charge in [-0.15, -0.1) is 0 Å². The number of aliphatic imine (C=N–C) groups is 1. The first-order chi connectivity index (χ1) is 20.3. The minimum Gasteiger partial charge on any atom is -0.493 e. The smallest absolute Gasteiger partial charge is 0.271 e. The van der Waals surface area contributed by atoms with E-state index in [1.54, 1.807) is 19.0 Å². The lowest BCUT2D eigenvalue weighted by Gasteiger charge is -2.25. The number of ether oxygens (including phenoxy) is 1. The van der Waals surface area contributed by atoms with Gasteiger partial charge in [-0.25, -0.2) is 4.99 Å². The fourth-order valence-electron chi connectivity index (χ4n) is 5.31. The molecular weight excluding hydrogens is 538 g/mol. The second kappa shape index (κ2) is 13.0. The Morgan fingerprint density at radius 1 is 1.07 bits per heavy atom. The lowest BCUT2D eigenvalue weighted by Crippen LogP contribution is -2.45. The predicted octanol–water partition coefficient (Wildman–Crippen LogP) is 1.92. The average molecular weight is 576 g/mol. The van der Waals surface area contributed by atoms with Crippen LogP contribution in [0.3, 0.4) is 0 Å². The summed E-state index contributed by atoms with van der Waals surface area (Å²) in [5.74, 6) is -0.113. The highest BCUT2D eigenvalue weighted by molar-refractivity contribution is 6.10. The molecule has 1 unspecified atom stereocenters. The van der Waals surface area contributed by atoms with Crippen LogP contribution < -0.4 is 15.4 Å². The summed E-state index contributed by atoms with van der Waals surface area (Å²) >= 11 is 0. The summed E-state index contributed by atoms with van der Waals surface area (Å²) in [6, 6.07) is 7.86. The number of nitrogens with zero attached hydrogens (tertiary/aromatic N) is 5. The van der Waals surface area contributed by atoms with E-state index >= 15 is 0 Å². The zero-order valence-electron chi connectivity index (χ0n) is 24.1. The molecule has 2 saturated heterocycles. The molecule has 5 rings (SSSR count). The predicted molar refractivity (Wildman–Crippen MR) is 156 cm³/mol. The Morgan fingerprint density at radius 3 is 2.60 bits per heavy atom. The molecule has 0 radical (unpaired) electrons. The maximum absolute atomic E-state index is 13.6. The van der Waals surface area contributed by atoms with Crippen LogP contribution in [0.25, 0.3) is 0 Å². The van der Waals surface area contributed by atoms with Crippen LogP contribution in [-0.4, -0.2) is 102 Å². The summed E-state index contributed by atoms with van der Waals surface area (Å²) in [5.41, 5.74) is 2.17. The molecule has 1 atom stereocenters. The van der Waals surface area contributed by atoms with Gasteiger partial charge >= 0.3 is 0 Å². The number of amides is 4. The van der Waals surface area contributed by atoms with E-state index in [-0.39, 0.29) is 41.5 Å². The molecule has 3 aliphatic rings. The van der Waals surface area contributed by atoms with Gasteiger partial charge < -0.3 is 24.8 Å². The second-order valence-corrected chi connectivity index (χ2v) is 11.0. The third kappa shape index (κ3) is 6.87. The molecule has 0 saturated carbocycles. The normalized spacial score (nSPS) is 18.7. The number of likely N-dealkylation sites (tertiary alicyclic amines) is 2. The van der Waals surface area contributed by atoms with Crippen molar-refractivity contribution in [2.24, 2.45) is 4.99 Å². The highest BCUT2D eigenvalue weighted by Crippen LogP contribution is 2.28. The van der Waals surface area contributed by atoms with Gasteiger partial charge in [-0.3, -0.25) is 29.5 Å². The van der Waals surface area contributed by atoms with Gasteiger partial charge in [0.05, 0.1) is 18.7 Å². The van der Waals surface area contributed by atoms with Crippen molar-refractivity contribution >= 4 is 35.3 Å². The van der Waals surface area contributed by atoms with Crippen LogP contribution in [-0.2, 0) is 16.0 Å². The van der Waals surface area contributed by atoms with E-state index < -0.39 is 11.9 Å². The van der Waals surface area contributed by atoms with E-state index in [0.29, 0.717) is 25.3 Å². The second-order valence-electron chi connectivity index (χ2n) is 11.0. The Labute approximate surface area is 245 Å². The minimum atomic E-state index is -0.766. The first-order valence-corrected chi connectivity index (χ1v) is 14.4. The molecule has 42 heavy (non-hydrogen) atoms. The average Bonchev–Trinajstić information content (AvgIpc) is 3.67. The van der Waals surface area contributed by atoms with Gasteiger partial charge in [0.25, 0.3) is 11.8 Å². The zero-order valence-corrected chi connectivity index (χ0v) is 24.1. The first-order valence-electron chi connectivity index (χ1n) is 14.4. The maximum Gasteiger partial charge on any atom is 0.271 e. The number of pyridine rings is 1. The lowest BCUT2D eigenvalue weighted by atomic mass is 10.1. The van der Waals surface area contributed by atoms with Gasteiger partial charge in [0, 0.05) is 52.0 Å². The van der Waals surface area contributed by atoms with Gasteiger partial charge in [-0.1, -0.05) is 0 Å². The Kier molecular flexibility index (Phi) is 8.99. The van der Waals surface area contributed by atoms with Gasteiger partial charge in [0.15, 0.2) is 0 Å². The van der Waals surface area contributed by atoms with Gasteiger partial charge in [0.1, 0.15) is 17.5 Å². The minimum absolute atomic E-state index is 0.0362. The van der Waals surface area contributed by atoms with Crippen LogP contribution in [0.2, 0.25) is 0 Å².